The van der Waals surface area contributed by atoms with Crippen molar-refractivity contribution in [3.8, 4) is 0 Å². The molecule has 0 aromatic heterocycles. The fourth-order valence-corrected chi connectivity index (χ4v) is 3.03. The number of allylic oxidation sites excluding steroid dienone is 1. The second kappa shape index (κ2) is 9.11. The van der Waals surface area contributed by atoms with Crippen molar-refractivity contribution < 1.29 is 0 Å². The van der Waals surface area contributed by atoms with Gasteiger partial charge >= 0.3 is 0 Å². The Morgan fingerprint density at radius 3 is 2.50 bits per heavy atom. The molecule has 0 unspecified atom stereocenters. The number of nitrogens with zero attached hydrogens (tertiary/aromatic N) is 2. The molecule has 4 heteroatoms. The van der Waals surface area contributed by atoms with Crippen LogP contribution in [0.5, 0.6) is 0 Å². The number of aliphatic imine (C=N–C) groups is 1. The number of hydrogen-bond acceptors (Lipinski definition) is 2. The lowest BCUT2D eigenvalue weighted by molar-refractivity contribution is 0.590. The first-order chi connectivity index (χ1) is 13.2. The highest BCUT2D eigenvalue weighted by atomic mass is 35.5. The zero-order valence-corrected chi connectivity index (χ0v) is 18.0. The smallest absolute Gasteiger partial charge is 0.197 e. The molecule has 146 valence electrons. The molecule has 0 aliphatic heterocycles. The first kappa shape index (κ1) is 21.8. The van der Waals surface area contributed by atoms with Crippen LogP contribution in [0.25, 0.3) is 11.3 Å². The van der Waals surface area contributed by atoms with Crippen LogP contribution in [0.1, 0.15) is 56.9 Å². The highest BCUT2D eigenvalue weighted by Gasteiger charge is 2.14. The van der Waals surface area contributed by atoms with Crippen molar-refractivity contribution in [1.82, 2.24) is 0 Å². The first-order valence-corrected chi connectivity index (χ1v) is 9.72. The Labute approximate surface area is 172 Å². The van der Waals surface area contributed by atoms with Crippen LogP contribution in [0.3, 0.4) is 0 Å². The lowest BCUT2D eigenvalue weighted by Gasteiger charge is -2.19. The zero-order valence-electron chi connectivity index (χ0n) is 17.2. The summed E-state index contributed by atoms with van der Waals surface area (Å²) in [5, 5.41) is 3.63. The van der Waals surface area contributed by atoms with Crippen molar-refractivity contribution in [2.45, 2.75) is 46.5 Å². The van der Waals surface area contributed by atoms with Crippen molar-refractivity contribution in [2.75, 3.05) is 0 Å². The lowest BCUT2D eigenvalue weighted by Crippen LogP contribution is -2.11. The third kappa shape index (κ3) is 5.49. The fraction of sp³-hybridized carbons (Fsp3) is 0.292. The van der Waals surface area contributed by atoms with E-state index in [9.17, 15) is 4.91 Å². The van der Waals surface area contributed by atoms with Crippen LogP contribution in [0.4, 0.5) is 0 Å². The van der Waals surface area contributed by atoms with E-state index in [0.717, 1.165) is 23.1 Å². The summed E-state index contributed by atoms with van der Waals surface area (Å²) < 4.78 is 0. The van der Waals surface area contributed by atoms with Gasteiger partial charge in [0.1, 0.15) is 0 Å². The van der Waals surface area contributed by atoms with Gasteiger partial charge in [0.25, 0.3) is 0 Å². The minimum Gasteiger partial charge on any atom is -0.226 e. The monoisotopic (exact) mass is 394 g/mol. The number of nitroso groups, excluding NO2 is 1. The molecule has 2 aromatic rings. The van der Waals surface area contributed by atoms with E-state index in [0.29, 0.717) is 16.3 Å². The molecule has 0 aliphatic rings. The van der Waals surface area contributed by atoms with E-state index >= 15 is 0 Å². The quantitative estimate of drug-likeness (QED) is 0.295. The number of rotatable bonds is 5. The minimum atomic E-state index is 0.0471. The van der Waals surface area contributed by atoms with Gasteiger partial charge in [-0.2, -0.15) is 0 Å². The standard InChI is InChI=1S/C24H27ClN2O/c1-7-18-11-12-22(25)21(14-18)17(3)26-23(27-28)13-16(2)19-9-8-10-20(15-19)24(4,5)6/h8-15H,3,7H2,1-2,4-6H3/b16-13+,26-23?. The summed E-state index contributed by atoms with van der Waals surface area (Å²) in [5.41, 5.74) is 5.46. The minimum absolute atomic E-state index is 0.0471. The van der Waals surface area contributed by atoms with Crippen molar-refractivity contribution in [3.05, 3.63) is 87.3 Å². The van der Waals surface area contributed by atoms with E-state index in [2.05, 4.69) is 56.6 Å². The molecular formula is C24H27ClN2O. The zero-order chi connectivity index (χ0) is 20.9. The number of hydrogen-bond donors (Lipinski definition) is 0. The summed E-state index contributed by atoms with van der Waals surface area (Å²) in [4.78, 5) is 15.7. The van der Waals surface area contributed by atoms with E-state index in [1.54, 1.807) is 6.08 Å². The normalized spacial score (nSPS) is 12.8. The van der Waals surface area contributed by atoms with Gasteiger partial charge in [0.2, 0.25) is 0 Å². The Kier molecular flexibility index (Phi) is 7.09. The third-order valence-electron chi connectivity index (χ3n) is 4.62. The Morgan fingerprint density at radius 1 is 1.18 bits per heavy atom. The SMILES string of the molecule is C=C(N=C(/C=C(\C)c1cccc(C(C)(C)C)c1)N=O)c1cc(CC)ccc1Cl. The number of amidine groups is 1. The van der Waals surface area contributed by atoms with Gasteiger partial charge < -0.3 is 0 Å². The molecular weight excluding hydrogens is 368 g/mol. The molecule has 0 atom stereocenters. The van der Waals surface area contributed by atoms with Crippen LogP contribution in [-0.4, -0.2) is 5.84 Å². The van der Waals surface area contributed by atoms with Crippen LogP contribution >= 0.6 is 11.6 Å². The second-order valence-electron chi connectivity index (χ2n) is 7.83. The Bertz CT molecular complexity index is 949. The molecule has 0 radical (unpaired) electrons. The van der Waals surface area contributed by atoms with Crippen LogP contribution in [0.15, 0.2) is 65.3 Å². The molecule has 2 aromatic carbocycles. The summed E-state index contributed by atoms with van der Waals surface area (Å²) in [7, 11) is 0. The van der Waals surface area contributed by atoms with Crippen LogP contribution in [0.2, 0.25) is 5.02 Å². The van der Waals surface area contributed by atoms with Gasteiger partial charge in [-0.25, -0.2) is 4.99 Å². The van der Waals surface area contributed by atoms with Gasteiger partial charge in [0.15, 0.2) is 5.84 Å². The Morgan fingerprint density at radius 2 is 1.89 bits per heavy atom. The van der Waals surface area contributed by atoms with Gasteiger partial charge in [0.05, 0.1) is 5.70 Å². The molecule has 0 N–H and O–H groups in total. The first-order valence-electron chi connectivity index (χ1n) is 9.34. The van der Waals surface area contributed by atoms with Gasteiger partial charge in [-0.3, -0.25) is 0 Å². The van der Waals surface area contributed by atoms with Crippen LogP contribution in [0, 0.1) is 4.91 Å². The lowest BCUT2D eigenvalue weighted by atomic mass is 9.85. The molecule has 0 fully saturated rings. The summed E-state index contributed by atoms with van der Waals surface area (Å²) >= 11 is 6.28. The molecule has 0 aliphatic carbocycles. The molecule has 28 heavy (non-hydrogen) atoms. The van der Waals surface area contributed by atoms with Gasteiger partial charge in [-0.1, -0.05) is 76.2 Å². The number of benzene rings is 2. The van der Waals surface area contributed by atoms with E-state index in [1.807, 2.05) is 37.3 Å². The molecule has 2 rings (SSSR count). The number of aryl methyl sites for hydroxylation is 1. The molecule has 0 saturated heterocycles. The summed E-state index contributed by atoms with van der Waals surface area (Å²) in [5.74, 6) is 0.0710. The van der Waals surface area contributed by atoms with Crippen molar-refractivity contribution >= 4 is 28.7 Å². The maximum Gasteiger partial charge on any atom is 0.197 e. The predicted octanol–water partition coefficient (Wildman–Crippen LogP) is 7.44. The molecule has 0 heterocycles. The second-order valence-corrected chi connectivity index (χ2v) is 8.24. The van der Waals surface area contributed by atoms with Crippen LogP contribution < -0.4 is 0 Å². The molecule has 3 nitrogen and oxygen atoms in total. The molecule has 0 spiro atoms. The highest BCUT2D eigenvalue weighted by Crippen LogP contribution is 2.27. The Hall–Kier alpha value is -2.52. The van der Waals surface area contributed by atoms with Gasteiger partial charge in [0, 0.05) is 10.6 Å². The predicted molar refractivity (Wildman–Crippen MR) is 122 cm³/mol. The molecule has 0 amide bonds. The summed E-state index contributed by atoms with van der Waals surface area (Å²) in [6.07, 6.45) is 2.56. The molecule has 0 saturated carbocycles. The van der Waals surface area contributed by atoms with E-state index in [1.165, 1.54) is 5.56 Å². The average Bonchev–Trinajstić information content (AvgIpc) is 2.67. The molecule has 0 bridgehead atoms. The fourth-order valence-electron chi connectivity index (χ4n) is 2.80. The summed E-state index contributed by atoms with van der Waals surface area (Å²) in [6, 6.07) is 14.0. The third-order valence-corrected chi connectivity index (χ3v) is 4.95. The topological polar surface area (TPSA) is 41.8 Å². The maximum absolute atomic E-state index is 11.4. The van der Waals surface area contributed by atoms with E-state index in [-0.39, 0.29) is 11.3 Å². The van der Waals surface area contributed by atoms with Crippen molar-refractivity contribution in [3.63, 3.8) is 0 Å². The van der Waals surface area contributed by atoms with Crippen LogP contribution in [-0.2, 0) is 11.8 Å². The van der Waals surface area contributed by atoms with Crippen molar-refractivity contribution in [1.29, 1.82) is 0 Å². The largest absolute Gasteiger partial charge is 0.226 e. The van der Waals surface area contributed by atoms with E-state index in [4.69, 9.17) is 11.6 Å². The van der Waals surface area contributed by atoms with Crippen molar-refractivity contribution in [2.24, 2.45) is 10.2 Å². The maximum atomic E-state index is 11.4. The number of halogens is 1. The summed E-state index contributed by atoms with van der Waals surface area (Å²) in [6.45, 7) is 14.5. The van der Waals surface area contributed by atoms with Gasteiger partial charge in [-0.05, 0) is 64.4 Å². The Balaban J connectivity index is 2.37. The van der Waals surface area contributed by atoms with Gasteiger partial charge in [-0.15, -0.1) is 4.91 Å². The average molecular weight is 395 g/mol. The van der Waals surface area contributed by atoms with E-state index < -0.39 is 0 Å². The highest BCUT2D eigenvalue weighted by molar-refractivity contribution is 6.32.